The van der Waals surface area contributed by atoms with Gasteiger partial charge in [-0.15, -0.1) is 0 Å². The van der Waals surface area contributed by atoms with Crippen molar-refractivity contribution in [3.8, 4) is 0 Å². The molecule has 0 aromatic rings. The van der Waals surface area contributed by atoms with Crippen LogP contribution < -0.4 is 24.2 Å². The average Bonchev–Trinajstić information content (AvgIpc) is 1.85. The summed E-state index contributed by atoms with van der Waals surface area (Å²) in [5.74, 6) is 0.180. The van der Waals surface area contributed by atoms with E-state index in [1.165, 1.54) is 0 Å². The molecule has 0 saturated heterocycles. The zero-order chi connectivity index (χ0) is 7.11. The van der Waals surface area contributed by atoms with Crippen molar-refractivity contribution in [2.24, 2.45) is 0 Å². The topological polar surface area (TPSA) is 29.1 Å². The minimum absolute atomic E-state index is 0. The Labute approximate surface area is 76.4 Å². The maximum Gasteiger partial charge on any atom is 1.00 e. The van der Waals surface area contributed by atoms with Crippen LogP contribution in [0.15, 0.2) is 0 Å². The fourth-order valence-electron chi connectivity index (χ4n) is 0.580. The molecule has 0 radical (unpaired) electrons. The van der Waals surface area contributed by atoms with Crippen LogP contribution in [0.3, 0.4) is 0 Å². The predicted octanol–water partition coefficient (Wildman–Crippen LogP) is -1.57. The Morgan fingerprint density at radius 2 is 2.00 bits per heavy atom. The van der Waals surface area contributed by atoms with E-state index in [0.29, 0.717) is 6.42 Å². The Hall–Kier alpha value is 0.0674. The van der Waals surface area contributed by atoms with Gasteiger partial charge in [0.2, 0.25) is 5.91 Å². The van der Waals surface area contributed by atoms with Crippen molar-refractivity contribution in [1.82, 2.24) is 5.32 Å². The van der Waals surface area contributed by atoms with Gasteiger partial charge in [0.05, 0.1) is 0 Å². The minimum atomic E-state index is 0. The monoisotopic (exact) mass is 137 g/mol. The van der Waals surface area contributed by atoms with Crippen molar-refractivity contribution >= 4 is 5.91 Å². The summed E-state index contributed by atoms with van der Waals surface area (Å²) in [4.78, 5) is 10.7. The molecular weight excluding hydrogens is 121 g/mol. The number of rotatable bonds is 4. The van der Waals surface area contributed by atoms with Crippen molar-refractivity contribution < 1.29 is 25.1 Å². The summed E-state index contributed by atoms with van der Waals surface area (Å²) < 4.78 is 0. The Morgan fingerprint density at radius 1 is 1.40 bits per heavy atom. The SMILES string of the molecule is CCCNC(=O)CCC.[H-].[Li+]. The second-order valence-corrected chi connectivity index (χ2v) is 2.10. The van der Waals surface area contributed by atoms with E-state index in [4.69, 9.17) is 0 Å². The van der Waals surface area contributed by atoms with Gasteiger partial charge in [-0.3, -0.25) is 4.79 Å². The molecular formula is C7H16LiNO. The third-order valence-corrected chi connectivity index (χ3v) is 1.05. The molecule has 0 aliphatic heterocycles. The minimum Gasteiger partial charge on any atom is -1.00 e. The van der Waals surface area contributed by atoms with E-state index in [-0.39, 0.29) is 26.2 Å². The Bertz CT molecular complexity index is 90.5. The maximum atomic E-state index is 10.7. The van der Waals surface area contributed by atoms with Crippen molar-refractivity contribution in [3.05, 3.63) is 0 Å². The van der Waals surface area contributed by atoms with Gasteiger partial charge < -0.3 is 6.74 Å². The van der Waals surface area contributed by atoms with Gasteiger partial charge >= 0.3 is 18.9 Å². The molecule has 0 bridgehead atoms. The zero-order valence-corrected chi connectivity index (χ0v) is 7.24. The summed E-state index contributed by atoms with van der Waals surface area (Å²) in [6.07, 6.45) is 2.63. The van der Waals surface area contributed by atoms with E-state index in [0.717, 1.165) is 19.4 Å². The summed E-state index contributed by atoms with van der Waals surface area (Å²) in [7, 11) is 0. The number of carbonyl (C=O) groups excluding carboxylic acids is 1. The first-order chi connectivity index (χ1) is 4.31. The first kappa shape index (κ1) is 12.7. The molecule has 0 aromatic carbocycles. The molecule has 1 amide bonds. The second-order valence-electron chi connectivity index (χ2n) is 2.10. The molecule has 0 aliphatic carbocycles. The van der Waals surface area contributed by atoms with E-state index in [1.54, 1.807) is 0 Å². The first-order valence-corrected chi connectivity index (χ1v) is 3.58. The summed E-state index contributed by atoms with van der Waals surface area (Å²) >= 11 is 0. The van der Waals surface area contributed by atoms with Crippen LogP contribution in [0, 0.1) is 0 Å². The van der Waals surface area contributed by atoms with Gasteiger partial charge in [-0.2, -0.15) is 0 Å². The van der Waals surface area contributed by atoms with E-state index >= 15 is 0 Å². The van der Waals surface area contributed by atoms with Gasteiger partial charge in [0.15, 0.2) is 0 Å². The van der Waals surface area contributed by atoms with Gasteiger partial charge in [-0.1, -0.05) is 13.8 Å². The summed E-state index contributed by atoms with van der Waals surface area (Å²) in [5, 5.41) is 2.79. The van der Waals surface area contributed by atoms with Gasteiger partial charge in [0, 0.05) is 13.0 Å². The zero-order valence-electron chi connectivity index (χ0n) is 8.24. The maximum absolute atomic E-state index is 10.7. The number of carbonyl (C=O) groups is 1. The van der Waals surface area contributed by atoms with E-state index in [9.17, 15) is 4.79 Å². The third kappa shape index (κ3) is 8.07. The van der Waals surface area contributed by atoms with Crippen LogP contribution in [0.5, 0.6) is 0 Å². The predicted molar refractivity (Wildman–Crippen MR) is 39.3 cm³/mol. The molecule has 0 rings (SSSR count). The van der Waals surface area contributed by atoms with Crippen molar-refractivity contribution in [2.75, 3.05) is 6.54 Å². The molecule has 0 aliphatic rings. The quantitative estimate of drug-likeness (QED) is 0.466. The van der Waals surface area contributed by atoms with Crippen molar-refractivity contribution in [3.63, 3.8) is 0 Å². The van der Waals surface area contributed by atoms with Gasteiger partial charge in [0.25, 0.3) is 0 Å². The van der Waals surface area contributed by atoms with E-state index in [2.05, 4.69) is 5.32 Å². The summed E-state index contributed by atoms with van der Waals surface area (Å²) in [6, 6.07) is 0. The van der Waals surface area contributed by atoms with Gasteiger partial charge in [0.1, 0.15) is 0 Å². The molecule has 0 aromatic heterocycles. The average molecular weight is 137 g/mol. The van der Waals surface area contributed by atoms with Crippen LogP contribution in [0.2, 0.25) is 0 Å². The van der Waals surface area contributed by atoms with Crippen LogP contribution in [0.1, 0.15) is 34.5 Å². The molecule has 0 fully saturated rings. The fraction of sp³-hybridized carbons (Fsp3) is 0.857. The molecule has 10 heavy (non-hydrogen) atoms. The Morgan fingerprint density at radius 3 is 2.40 bits per heavy atom. The summed E-state index contributed by atoms with van der Waals surface area (Å²) in [5.41, 5.74) is 0. The smallest absolute Gasteiger partial charge is 1.00 e. The molecule has 0 atom stereocenters. The van der Waals surface area contributed by atoms with Gasteiger partial charge in [-0.05, 0) is 12.8 Å². The van der Waals surface area contributed by atoms with Crippen LogP contribution in [-0.4, -0.2) is 12.5 Å². The number of hydrogen-bond donors (Lipinski definition) is 1. The van der Waals surface area contributed by atoms with Crippen molar-refractivity contribution in [1.29, 1.82) is 0 Å². The Kier molecular flexibility index (Phi) is 11.5. The normalized spacial score (nSPS) is 8.20. The van der Waals surface area contributed by atoms with E-state index < -0.39 is 0 Å². The van der Waals surface area contributed by atoms with Crippen LogP contribution in [0.4, 0.5) is 0 Å². The third-order valence-electron chi connectivity index (χ3n) is 1.05. The summed E-state index contributed by atoms with van der Waals surface area (Å²) in [6.45, 7) is 4.87. The van der Waals surface area contributed by atoms with Crippen LogP contribution in [-0.2, 0) is 4.79 Å². The first-order valence-electron chi connectivity index (χ1n) is 3.58. The second kappa shape index (κ2) is 9.07. The number of hydrogen-bond acceptors (Lipinski definition) is 1. The van der Waals surface area contributed by atoms with Crippen LogP contribution >= 0.6 is 0 Å². The molecule has 2 nitrogen and oxygen atoms in total. The van der Waals surface area contributed by atoms with Crippen molar-refractivity contribution in [2.45, 2.75) is 33.1 Å². The standard InChI is InChI=1S/C7H15NO.Li.H/c1-3-5-7(9)8-6-4-2;;/h3-6H2,1-2H3,(H,8,9);;/q;+1;-1. The van der Waals surface area contributed by atoms with E-state index in [1.807, 2.05) is 13.8 Å². The molecule has 3 heteroatoms. The molecule has 0 spiro atoms. The number of nitrogens with one attached hydrogen (secondary N) is 1. The molecule has 1 N–H and O–H groups in total. The van der Waals surface area contributed by atoms with Crippen LogP contribution in [0.25, 0.3) is 0 Å². The number of amides is 1. The molecule has 56 valence electrons. The van der Waals surface area contributed by atoms with Gasteiger partial charge in [-0.25, -0.2) is 0 Å². The fourth-order valence-corrected chi connectivity index (χ4v) is 0.580. The largest absolute Gasteiger partial charge is 1.00 e. The molecule has 0 unspecified atom stereocenters. The Balaban J connectivity index is -0.000000320. The molecule has 0 heterocycles. The molecule has 0 saturated carbocycles.